The molecule has 0 aliphatic rings. The Labute approximate surface area is 118 Å². The first-order valence-electron chi connectivity index (χ1n) is 5.30. The molecule has 0 aliphatic carbocycles. The number of aryl methyl sites for hydroxylation is 1. The molecular weight excluding hydrogens is 335 g/mol. The summed E-state index contributed by atoms with van der Waals surface area (Å²) in [4.78, 5) is 3.55. The zero-order valence-electron chi connectivity index (χ0n) is 9.89. The summed E-state index contributed by atoms with van der Waals surface area (Å²) < 4.78 is 40.5. The Balaban J connectivity index is 2.40. The molecule has 0 fully saturated rings. The van der Waals surface area contributed by atoms with Gasteiger partial charge < -0.3 is 0 Å². The number of hydrogen-bond donors (Lipinski definition) is 1. The summed E-state index contributed by atoms with van der Waals surface area (Å²) in [6.07, 6.45) is 0. The lowest BCUT2D eigenvalue weighted by atomic mass is 10.2. The predicted molar refractivity (Wildman–Crippen MR) is 73.9 cm³/mol. The fourth-order valence-corrected chi connectivity index (χ4v) is 2.98. The molecular formula is C12H10BrFN2O2S. The van der Waals surface area contributed by atoms with Crippen LogP contribution in [0.5, 0.6) is 0 Å². The quantitative estimate of drug-likeness (QED) is 0.870. The second-order valence-corrected chi connectivity index (χ2v) is 6.35. The SMILES string of the molecule is Cc1ccc(F)c(S(=O)(=O)Nc2cccc(Br)n2)c1. The van der Waals surface area contributed by atoms with E-state index in [0.29, 0.717) is 10.2 Å². The van der Waals surface area contributed by atoms with Gasteiger partial charge in [0, 0.05) is 0 Å². The number of benzene rings is 1. The van der Waals surface area contributed by atoms with Crippen LogP contribution >= 0.6 is 15.9 Å². The van der Waals surface area contributed by atoms with Crippen LogP contribution in [0, 0.1) is 12.7 Å². The van der Waals surface area contributed by atoms with E-state index in [0.717, 1.165) is 6.07 Å². The van der Waals surface area contributed by atoms with Gasteiger partial charge in [-0.3, -0.25) is 4.72 Å². The number of aromatic nitrogens is 1. The van der Waals surface area contributed by atoms with Gasteiger partial charge in [0.15, 0.2) is 0 Å². The van der Waals surface area contributed by atoms with E-state index < -0.39 is 20.7 Å². The van der Waals surface area contributed by atoms with Crippen molar-refractivity contribution in [2.45, 2.75) is 11.8 Å². The molecule has 1 heterocycles. The van der Waals surface area contributed by atoms with Crippen molar-refractivity contribution in [3.05, 3.63) is 52.4 Å². The molecule has 1 aromatic heterocycles. The maximum atomic E-state index is 13.6. The maximum Gasteiger partial charge on any atom is 0.265 e. The molecule has 0 amide bonds. The number of pyridine rings is 1. The molecule has 100 valence electrons. The van der Waals surface area contributed by atoms with Crippen molar-refractivity contribution >= 4 is 31.8 Å². The lowest BCUT2D eigenvalue weighted by Crippen LogP contribution is -2.15. The molecule has 2 rings (SSSR count). The highest BCUT2D eigenvalue weighted by Crippen LogP contribution is 2.20. The fourth-order valence-electron chi connectivity index (χ4n) is 1.47. The zero-order chi connectivity index (χ0) is 14.0. The molecule has 7 heteroatoms. The van der Waals surface area contributed by atoms with Gasteiger partial charge >= 0.3 is 0 Å². The van der Waals surface area contributed by atoms with Crippen molar-refractivity contribution in [2.75, 3.05) is 4.72 Å². The van der Waals surface area contributed by atoms with E-state index in [4.69, 9.17) is 0 Å². The number of rotatable bonds is 3. The fraction of sp³-hybridized carbons (Fsp3) is 0.0833. The monoisotopic (exact) mass is 344 g/mol. The summed E-state index contributed by atoms with van der Waals surface area (Å²) >= 11 is 3.13. The van der Waals surface area contributed by atoms with Gasteiger partial charge in [0.25, 0.3) is 10.0 Å². The van der Waals surface area contributed by atoms with Gasteiger partial charge in [0.1, 0.15) is 21.1 Å². The third kappa shape index (κ3) is 3.30. The second-order valence-electron chi connectivity index (χ2n) is 3.88. The number of nitrogens with zero attached hydrogens (tertiary/aromatic N) is 1. The number of sulfonamides is 1. The van der Waals surface area contributed by atoms with Crippen molar-refractivity contribution in [3.8, 4) is 0 Å². The van der Waals surface area contributed by atoms with Crippen LogP contribution in [0.2, 0.25) is 0 Å². The van der Waals surface area contributed by atoms with Crippen LogP contribution in [-0.2, 0) is 10.0 Å². The number of anilines is 1. The molecule has 0 bridgehead atoms. The molecule has 0 atom stereocenters. The highest BCUT2D eigenvalue weighted by molar-refractivity contribution is 9.10. The van der Waals surface area contributed by atoms with Crippen LogP contribution in [0.4, 0.5) is 10.2 Å². The first-order chi connectivity index (χ1) is 8.88. The minimum atomic E-state index is -3.99. The highest BCUT2D eigenvalue weighted by atomic mass is 79.9. The van der Waals surface area contributed by atoms with E-state index >= 15 is 0 Å². The van der Waals surface area contributed by atoms with Crippen molar-refractivity contribution < 1.29 is 12.8 Å². The first kappa shape index (κ1) is 14.0. The van der Waals surface area contributed by atoms with Crippen molar-refractivity contribution in [1.82, 2.24) is 4.98 Å². The van der Waals surface area contributed by atoms with Crippen molar-refractivity contribution in [2.24, 2.45) is 0 Å². The van der Waals surface area contributed by atoms with Crippen molar-refractivity contribution in [1.29, 1.82) is 0 Å². The minimum absolute atomic E-state index is 0.121. The average Bonchev–Trinajstić information content (AvgIpc) is 2.31. The van der Waals surface area contributed by atoms with Gasteiger partial charge in [-0.1, -0.05) is 12.1 Å². The number of hydrogen-bond acceptors (Lipinski definition) is 3. The topological polar surface area (TPSA) is 59.1 Å². The third-order valence-electron chi connectivity index (χ3n) is 2.33. The molecule has 0 saturated carbocycles. The van der Waals surface area contributed by atoms with E-state index in [9.17, 15) is 12.8 Å². The lowest BCUT2D eigenvalue weighted by Gasteiger charge is -2.09. The summed E-state index contributed by atoms with van der Waals surface area (Å²) in [5, 5.41) is 0. The molecule has 1 aromatic carbocycles. The van der Waals surface area contributed by atoms with Crippen LogP contribution in [0.3, 0.4) is 0 Å². The predicted octanol–water partition coefficient (Wildman–Crippen LogP) is 3.09. The van der Waals surface area contributed by atoms with Crippen LogP contribution < -0.4 is 4.72 Å². The molecule has 4 nitrogen and oxygen atoms in total. The van der Waals surface area contributed by atoms with Crippen LogP contribution in [-0.4, -0.2) is 13.4 Å². The molecule has 2 aromatic rings. The molecule has 0 saturated heterocycles. The summed E-state index contributed by atoms with van der Waals surface area (Å²) in [5.41, 5.74) is 0.656. The Bertz CT molecular complexity index is 719. The summed E-state index contributed by atoms with van der Waals surface area (Å²) in [7, 11) is -3.99. The molecule has 0 unspecified atom stereocenters. The molecule has 0 spiro atoms. The highest BCUT2D eigenvalue weighted by Gasteiger charge is 2.19. The number of halogens is 2. The van der Waals surface area contributed by atoms with Crippen LogP contribution in [0.15, 0.2) is 45.9 Å². The van der Waals surface area contributed by atoms with E-state index in [1.54, 1.807) is 19.1 Å². The standard InChI is InChI=1S/C12H10BrFN2O2S/c1-8-5-6-9(14)10(7-8)19(17,18)16-12-4-2-3-11(13)15-12/h2-7H,1H3,(H,15,16). The Kier molecular flexibility index (Phi) is 3.86. The molecule has 1 N–H and O–H groups in total. The smallest absolute Gasteiger partial charge is 0.263 e. The van der Waals surface area contributed by atoms with E-state index in [1.807, 2.05) is 0 Å². The Hall–Kier alpha value is -1.47. The summed E-state index contributed by atoms with van der Waals surface area (Å²) in [6, 6.07) is 8.67. The van der Waals surface area contributed by atoms with E-state index in [-0.39, 0.29) is 5.82 Å². The zero-order valence-corrected chi connectivity index (χ0v) is 12.3. The van der Waals surface area contributed by atoms with Gasteiger partial charge in [-0.25, -0.2) is 17.8 Å². The average molecular weight is 345 g/mol. The van der Waals surface area contributed by atoms with Gasteiger partial charge in [-0.15, -0.1) is 0 Å². The Morgan fingerprint density at radius 3 is 2.68 bits per heavy atom. The van der Waals surface area contributed by atoms with Crippen LogP contribution in [0.1, 0.15) is 5.56 Å². The molecule has 19 heavy (non-hydrogen) atoms. The molecule has 0 radical (unpaired) electrons. The summed E-state index contributed by atoms with van der Waals surface area (Å²) in [5.74, 6) is -0.677. The second kappa shape index (κ2) is 5.26. The first-order valence-corrected chi connectivity index (χ1v) is 7.57. The van der Waals surface area contributed by atoms with E-state index in [2.05, 4.69) is 25.6 Å². The maximum absolute atomic E-state index is 13.6. The third-order valence-corrected chi connectivity index (χ3v) is 4.14. The Morgan fingerprint density at radius 2 is 2.00 bits per heavy atom. The van der Waals surface area contributed by atoms with Gasteiger partial charge in [0.05, 0.1) is 0 Å². The van der Waals surface area contributed by atoms with E-state index in [1.165, 1.54) is 18.2 Å². The minimum Gasteiger partial charge on any atom is -0.263 e. The lowest BCUT2D eigenvalue weighted by molar-refractivity contribution is 0.569. The normalized spacial score (nSPS) is 11.3. The van der Waals surface area contributed by atoms with Gasteiger partial charge in [-0.05, 0) is 52.7 Å². The van der Waals surface area contributed by atoms with Crippen LogP contribution in [0.25, 0.3) is 0 Å². The Morgan fingerprint density at radius 1 is 1.26 bits per heavy atom. The number of nitrogens with one attached hydrogen (secondary N) is 1. The van der Waals surface area contributed by atoms with Crippen molar-refractivity contribution in [3.63, 3.8) is 0 Å². The largest absolute Gasteiger partial charge is 0.265 e. The van der Waals surface area contributed by atoms with Gasteiger partial charge in [0.2, 0.25) is 0 Å². The summed E-state index contributed by atoms with van der Waals surface area (Å²) in [6.45, 7) is 1.69. The van der Waals surface area contributed by atoms with Gasteiger partial charge in [-0.2, -0.15) is 0 Å². The molecule has 0 aliphatic heterocycles.